The molecule has 0 saturated carbocycles. The van der Waals surface area contributed by atoms with E-state index < -0.39 is 0 Å². The molecular formula is C13H15NO3. The number of methoxy groups -OCH3 is 1. The van der Waals surface area contributed by atoms with E-state index in [1.165, 1.54) is 6.92 Å². The molecule has 0 radical (unpaired) electrons. The van der Waals surface area contributed by atoms with Gasteiger partial charge in [0.15, 0.2) is 0 Å². The molecule has 4 heteroatoms. The monoisotopic (exact) mass is 233 g/mol. The van der Waals surface area contributed by atoms with Crippen molar-refractivity contribution in [3.05, 3.63) is 35.4 Å². The maximum absolute atomic E-state index is 10.7. The molecule has 1 aromatic rings. The van der Waals surface area contributed by atoms with Gasteiger partial charge >= 0.3 is 0 Å². The number of amides is 1. The summed E-state index contributed by atoms with van der Waals surface area (Å²) in [5.41, 5.74) is 1.40. The lowest BCUT2D eigenvalue weighted by molar-refractivity contribution is -0.118. The summed E-state index contributed by atoms with van der Waals surface area (Å²) in [6.45, 7) is 1.91. The predicted molar refractivity (Wildman–Crippen MR) is 66.1 cm³/mol. The second-order valence-electron chi connectivity index (χ2n) is 3.46. The fraction of sp³-hybridized carbons (Fsp3) is 0.231. The van der Waals surface area contributed by atoms with Crippen LogP contribution in [0.3, 0.4) is 0 Å². The van der Waals surface area contributed by atoms with Crippen molar-refractivity contribution in [3.8, 4) is 5.75 Å². The van der Waals surface area contributed by atoms with Gasteiger partial charge in [-0.05, 0) is 18.2 Å². The van der Waals surface area contributed by atoms with Crippen molar-refractivity contribution >= 4 is 18.3 Å². The van der Waals surface area contributed by atoms with E-state index in [9.17, 15) is 9.59 Å². The van der Waals surface area contributed by atoms with Crippen LogP contribution in [-0.2, 0) is 4.79 Å². The highest BCUT2D eigenvalue weighted by molar-refractivity contribution is 5.78. The summed E-state index contributed by atoms with van der Waals surface area (Å²) in [5, 5.41) is 2.65. The predicted octanol–water partition coefficient (Wildman–Crippen LogP) is 1.66. The van der Waals surface area contributed by atoms with E-state index in [1.54, 1.807) is 31.4 Å². The lowest BCUT2D eigenvalue weighted by Gasteiger charge is -2.05. The molecule has 0 aromatic heterocycles. The minimum Gasteiger partial charge on any atom is -0.496 e. The molecule has 1 aromatic carbocycles. The molecule has 1 amide bonds. The van der Waals surface area contributed by atoms with Crippen LogP contribution in [0.15, 0.2) is 24.3 Å². The highest BCUT2D eigenvalue weighted by Crippen LogP contribution is 2.20. The van der Waals surface area contributed by atoms with E-state index in [0.29, 0.717) is 17.9 Å². The zero-order valence-corrected chi connectivity index (χ0v) is 9.90. The van der Waals surface area contributed by atoms with Gasteiger partial charge < -0.3 is 10.1 Å². The average Bonchev–Trinajstić information content (AvgIpc) is 2.34. The van der Waals surface area contributed by atoms with Crippen molar-refractivity contribution in [1.82, 2.24) is 5.32 Å². The van der Waals surface area contributed by atoms with Gasteiger partial charge in [-0.3, -0.25) is 9.59 Å². The third-order valence-corrected chi connectivity index (χ3v) is 2.16. The first kappa shape index (κ1) is 13.0. The standard InChI is InChI=1S/C13H15NO3/c1-10(16)14-7-3-4-12-8-11(9-15)5-6-13(12)17-2/h3-6,8-9H,7H2,1-2H3,(H,14,16). The van der Waals surface area contributed by atoms with E-state index in [-0.39, 0.29) is 5.91 Å². The first-order chi connectivity index (χ1) is 8.17. The zero-order valence-electron chi connectivity index (χ0n) is 9.90. The molecule has 0 heterocycles. The molecule has 0 aliphatic rings. The van der Waals surface area contributed by atoms with E-state index in [2.05, 4.69) is 5.32 Å². The maximum Gasteiger partial charge on any atom is 0.217 e. The van der Waals surface area contributed by atoms with Crippen LogP contribution < -0.4 is 10.1 Å². The largest absolute Gasteiger partial charge is 0.496 e. The Morgan fingerprint density at radius 3 is 2.82 bits per heavy atom. The van der Waals surface area contributed by atoms with Gasteiger partial charge in [0.1, 0.15) is 12.0 Å². The summed E-state index contributed by atoms with van der Waals surface area (Å²) in [7, 11) is 1.57. The molecule has 1 rings (SSSR count). The summed E-state index contributed by atoms with van der Waals surface area (Å²) in [5.74, 6) is 0.609. The first-order valence-electron chi connectivity index (χ1n) is 5.21. The maximum atomic E-state index is 10.7. The van der Waals surface area contributed by atoms with Crippen molar-refractivity contribution in [1.29, 1.82) is 0 Å². The smallest absolute Gasteiger partial charge is 0.217 e. The van der Waals surface area contributed by atoms with Gasteiger partial charge in [0, 0.05) is 24.6 Å². The number of hydrogen-bond acceptors (Lipinski definition) is 3. The summed E-state index contributed by atoms with van der Waals surface area (Å²) >= 11 is 0. The third-order valence-electron chi connectivity index (χ3n) is 2.16. The Kier molecular flexibility index (Phi) is 4.94. The fourth-order valence-electron chi connectivity index (χ4n) is 1.34. The van der Waals surface area contributed by atoms with Crippen LogP contribution in [0.5, 0.6) is 5.75 Å². The Hall–Kier alpha value is -2.10. The number of benzene rings is 1. The molecule has 0 atom stereocenters. The second kappa shape index (κ2) is 6.48. The lowest BCUT2D eigenvalue weighted by Crippen LogP contribution is -2.19. The van der Waals surface area contributed by atoms with Gasteiger partial charge in [-0.25, -0.2) is 0 Å². The number of aldehydes is 1. The number of rotatable bonds is 5. The van der Waals surface area contributed by atoms with E-state index in [4.69, 9.17) is 4.74 Å². The molecule has 90 valence electrons. The normalized spacial score (nSPS) is 10.2. The zero-order chi connectivity index (χ0) is 12.7. The van der Waals surface area contributed by atoms with Gasteiger partial charge in [0.2, 0.25) is 5.91 Å². The second-order valence-corrected chi connectivity index (χ2v) is 3.46. The highest BCUT2D eigenvalue weighted by atomic mass is 16.5. The van der Waals surface area contributed by atoms with Gasteiger partial charge in [0.05, 0.1) is 7.11 Å². The van der Waals surface area contributed by atoms with Crippen molar-refractivity contribution < 1.29 is 14.3 Å². The van der Waals surface area contributed by atoms with Crippen molar-refractivity contribution in [2.24, 2.45) is 0 Å². The van der Waals surface area contributed by atoms with Crippen molar-refractivity contribution in [2.75, 3.05) is 13.7 Å². The number of nitrogens with one attached hydrogen (secondary N) is 1. The van der Waals surface area contributed by atoms with Crippen LogP contribution in [0.2, 0.25) is 0 Å². The molecule has 0 aliphatic heterocycles. The number of hydrogen-bond donors (Lipinski definition) is 1. The van der Waals surface area contributed by atoms with Crippen molar-refractivity contribution in [3.63, 3.8) is 0 Å². The van der Waals surface area contributed by atoms with Crippen molar-refractivity contribution in [2.45, 2.75) is 6.92 Å². The van der Waals surface area contributed by atoms with E-state index >= 15 is 0 Å². The van der Waals surface area contributed by atoms with Crippen LogP contribution >= 0.6 is 0 Å². The molecular weight excluding hydrogens is 218 g/mol. The molecule has 0 fully saturated rings. The Morgan fingerprint density at radius 2 is 2.24 bits per heavy atom. The molecule has 0 bridgehead atoms. The van der Waals surface area contributed by atoms with Gasteiger partial charge in [-0.15, -0.1) is 0 Å². The van der Waals surface area contributed by atoms with Crippen LogP contribution in [0.1, 0.15) is 22.8 Å². The molecule has 0 unspecified atom stereocenters. The SMILES string of the molecule is COc1ccc(C=O)cc1C=CCNC(C)=O. The summed E-state index contributed by atoms with van der Waals surface area (Å²) in [6.07, 6.45) is 4.39. The number of carbonyl (C=O) groups excluding carboxylic acids is 2. The molecule has 1 N–H and O–H groups in total. The minimum absolute atomic E-state index is 0.0803. The molecule has 4 nitrogen and oxygen atoms in total. The van der Waals surface area contributed by atoms with Gasteiger partial charge in [-0.1, -0.05) is 12.2 Å². The van der Waals surface area contributed by atoms with Crippen LogP contribution in [0, 0.1) is 0 Å². The van der Waals surface area contributed by atoms with E-state index in [1.807, 2.05) is 6.08 Å². The number of ether oxygens (including phenoxy) is 1. The highest BCUT2D eigenvalue weighted by Gasteiger charge is 2.00. The molecule has 0 aliphatic carbocycles. The summed E-state index contributed by atoms with van der Waals surface area (Å²) < 4.78 is 5.17. The lowest BCUT2D eigenvalue weighted by atomic mass is 10.1. The molecule has 17 heavy (non-hydrogen) atoms. The summed E-state index contributed by atoms with van der Waals surface area (Å²) in [4.78, 5) is 21.3. The summed E-state index contributed by atoms with van der Waals surface area (Å²) in [6, 6.07) is 5.16. The average molecular weight is 233 g/mol. The Morgan fingerprint density at radius 1 is 1.47 bits per heavy atom. The minimum atomic E-state index is -0.0803. The Bertz CT molecular complexity index is 438. The third kappa shape index (κ3) is 4.10. The van der Waals surface area contributed by atoms with Crippen LogP contribution in [-0.4, -0.2) is 25.8 Å². The molecule has 0 saturated heterocycles. The van der Waals surface area contributed by atoms with Gasteiger partial charge in [-0.2, -0.15) is 0 Å². The van der Waals surface area contributed by atoms with Crippen LogP contribution in [0.25, 0.3) is 6.08 Å². The Balaban J connectivity index is 2.80. The Labute approximate surface area is 100 Å². The molecule has 0 spiro atoms. The van der Waals surface area contributed by atoms with Crippen LogP contribution in [0.4, 0.5) is 0 Å². The number of carbonyl (C=O) groups is 2. The fourth-order valence-corrected chi connectivity index (χ4v) is 1.34. The topological polar surface area (TPSA) is 55.4 Å². The quantitative estimate of drug-likeness (QED) is 0.787. The van der Waals surface area contributed by atoms with E-state index in [0.717, 1.165) is 11.8 Å². The van der Waals surface area contributed by atoms with Gasteiger partial charge in [0.25, 0.3) is 0 Å². The first-order valence-corrected chi connectivity index (χ1v) is 5.21.